The Morgan fingerprint density at radius 1 is 1.30 bits per heavy atom. The number of aromatic nitrogens is 2. The third kappa shape index (κ3) is 2.50. The SMILES string of the molecule is COc1ccc(Nc2nc3c(c(=O)[nH]2)CCNC3)cc1. The van der Waals surface area contributed by atoms with E-state index in [-0.39, 0.29) is 5.56 Å². The van der Waals surface area contributed by atoms with Crippen LogP contribution < -0.4 is 20.9 Å². The number of hydrogen-bond acceptors (Lipinski definition) is 5. The topological polar surface area (TPSA) is 79.0 Å². The molecule has 0 saturated carbocycles. The van der Waals surface area contributed by atoms with Crippen molar-refractivity contribution in [1.29, 1.82) is 0 Å². The van der Waals surface area contributed by atoms with Crippen LogP contribution in [-0.4, -0.2) is 23.6 Å². The number of benzene rings is 1. The Kier molecular flexibility index (Phi) is 3.39. The molecule has 0 aliphatic carbocycles. The Labute approximate surface area is 116 Å². The highest BCUT2D eigenvalue weighted by atomic mass is 16.5. The number of nitrogens with zero attached hydrogens (tertiary/aromatic N) is 1. The molecule has 0 spiro atoms. The first-order chi connectivity index (χ1) is 9.76. The van der Waals surface area contributed by atoms with Crippen molar-refractivity contribution in [2.24, 2.45) is 0 Å². The molecule has 0 fully saturated rings. The van der Waals surface area contributed by atoms with E-state index in [9.17, 15) is 4.79 Å². The van der Waals surface area contributed by atoms with Crippen LogP contribution in [0.1, 0.15) is 11.3 Å². The number of ether oxygens (including phenoxy) is 1. The van der Waals surface area contributed by atoms with Crippen LogP contribution >= 0.6 is 0 Å². The fourth-order valence-electron chi connectivity index (χ4n) is 2.24. The van der Waals surface area contributed by atoms with Gasteiger partial charge in [-0.15, -0.1) is 0 Å². The van der Waals surface area contributed by atoms with Gasteiger partial charge in [-0.1, -0.05) is 0 Å². The van der Waals surface area contributed by atoms with E-state index in [1.165, 1.54) is 0 Å². The van der Waals surface area contributed by atoms with E-state index in [1.54, 1.807) is 7.11 Å². The predicted octanol–water partition coefficient (Wildman–Crippen LogP) is 1.17. The normalized spacial score (nSPS) is 13.7. The fraction of sp³-hybridized carbons (Fsp3) is 0.286. The van der Waals surface area contributed by atoms with Gasteiger partial charge in [0.05, 0.1) is 12.8 Å². The maximum atomic E-state index is 12.0. The lowest BCUT2D eigenvalue weighted by molar-refractivity contribution is 0.415. The number of nitrogens with one attached hydrogen (secondary N) is 3. The first-order valence-electron chi connectivity index (χ1n) is 6.50. The Hall–Kier alpha value is -2.34. The summed E-state index contributed by atoms with van der Waals surface area (Å²) >= 11 is 0. The van der Waals surface area contributed by atoms with E-state index in [4.69, 9.17) is 4.74 Å². The van der Waals surface area contributed by atoms with Crippen LogP contribution in [-0.2, 0) is 13.0 Å². The molecule has 6 heteroatoms. The van der Waals surface area contributed by atoms with E-state index in [0.717, 1.165) is 35.7 Å². The van der Waals surface area contributed by atoms with Crippen molar-refractivity contribution in [1.82, 2.24) is 15.3 Å². The van der Waals surface area contributed by atoms with Gasteiger partial charge in [-0.05, 0) is 37.2 Å². The minimum Gasteiger partial charge on any atom is -0.497 e. The number of rotatable bonds is 3. The van der Waals surface area contributed by atoms with Crippen molar-refractivity contribution in [2.75, 3.05) is 19.0 Å². The van der Waals surface area contributed by atoms with Crippen LogP contribution in [0, 0.1) is 0 Å². The summed E-state index contributed by atoms with van der Waals surface area (Å²) in [7, 11) is 1.62. The molecule has 104 valence electrons. The molecule has 0 radical (unpaired) electrons. The quantitative estimate of drug-likeness (QED) is 0.781. The minimum atomic E-state index is -0.0625. The number of anilines is 2. The molecule has 3 rings (SSSR count). The summed E-state index contributed by atoms with van der Waals surface area (Å²) in [5.74, 6) is 1.24. The molecule has 0 saturated heterocycles. The Bertz CT molecular complexity index is 664. The van der Waals surface area contributed by atoms with Gasteiger partial charge in [0.2, 0.25) is 5.95 Å². The maximum absolute atomic E-state index is 12.0. The molecule has 1 aromatic heterocycles. The van der Waals surface area contributed by atoms with Crippen molar-refractivity contribution in [3.05, 3.63) is 45.9 Å². The van der Waals surface area contributed by atoms with Crippen LogP contribution in [0.2, 0.25) is 0 Å². The van der Waals surface area contributed by atoms with Crippen LogP contribution in [0.25, 0.3) is 0 Å². The van der Waals surface area contributed by atoms with Gasteiger partial charge >= 0.3 is 0 Å². The van der Waals surface area contributed by atoms with Crippen molar-refractivity contribution in [3.63, 3.8) is 0 Å². The lowest BCUT2D eigenvalue weighted by atomic mass is 10.1. The number of methoxy groups -OCH3 is 1. The van der Waals surface area contributed by atoms with E-state index in [0.29, 0.717) is 12.5 Å². The predicted molar refractivity (Wildman–Crippen MR) is 76.5 cm³/mol. The summed E-state index contributed by atoms with van der Waals surface area (Å²) in [6.45, 7) is 1.46. The Morgan fingerprint density at radius 2 is 2.10 bits per heavy atom. The molecular formula is C14H16N4O2. The van der Waals surface area contributed by atoms with Gasteiger partial charge in [-0.3, -0.25) is 9.78 Å². The Balaban J connectivity index is 1.87. The zero-order valence-corrected chi connectivity index (χ0v) is 11.2. The number of H-pyrrole nitrogens is 1. The van der Waals surface area contributed by atoms with Crippen LogP contribution in [0.5, 0.6) is 5.75 Å². The third-order valence-electron chi connectivity index (χ3n) is 3.30. The minimum absolute atomic E-state index is 0.0625. The van der Waals surface area contributed by atoms with E-state index in [2.05, 4.69) is 20.6 Å². The van der Waals surface area contributed by atoms with E-state index < -0.39 is 0 Å². The largest absolute Gasteiger partial charge is 0.497 e. The average Bonchev–Trinajstić information content (AvgIpc) is 2.48. The molecule has 0 amide bonds. The maximum Gasteiger partial charge on any atom is 0.255 e. The smallest absolute Gasteiger partial charge is 0.255 e. The zero-order chi connectivity index (χ0) is 13.9. The zero-order valence-electron chi connectivity index (χ0n) is 11.2. The van der Waals surface area contributed by atoms with Crippen molar-refractivity contribution < 1.29 is 4.74 Å². The third-order valence-corrected chi connectivity index (χ3v) is 3.30. The van der Waals surface area contributed by atoms with Gasteiger partial charge in [0, 0.05) is 17.8 Å². The molecular weight excluding hydrogens is 256 g/mol. The van der Waals surface area contributed by atoms with E-state index in [1.807, 2.05) is 24.3 Å². The second kappa shape index (κ2) is 5.34. The average molecular weight is 272 g/mol. The highest BCUT2D eigenvalue weighted by molar-refractivity contribution is 5.54. The van der Waals surface area contributed by atoms with E-state index >= 15 is 0 Å². The van der Waals surface area contributed by atoms with Crippen molar-refractivity contribution in [3.8, 4) is 5.75 Å². The summed E-state index contributed by atoms with van der Waals surface area (Å²) in [6.07, 6.45) is 0.723. The molecule has 1 aromatic carbocycles. The first-order valence-corrected chi connectivity index (χ1v) is 6.50. The lowest BCUT2D eigenvalue weighted by Gasteiger charge is -2.16. The number of fused-ring (bicyclic) bond motifs is 1. The molecule has 6 nitrogen and oxygen atoms in total. The Morgan fingerprint density at radius 3 is 2.85 bits per heavy atom. The number of hydrogen-bond donors (Lipinski definition) is 3. The first kappa shape index (κ1) is 12.7. The summed E-state index contributed by atoms with van der Waals surface area (Å²) in [6, 6.07) is 7.44. The summed E-state index contributed by atoms with van der Waals surface area (Å²) in [5, 5.41) is 6.31. The van der Waals surface area contributed by atoms with Gasteiger partial charge in [0.15, 0.2) is 0 Å². The molecule has 2 aromatic rings. The molecule has 2 heterocycles. The van der Waals surface area contributed by atoms with Crippen molar-refractivity contribution in [2.45, 2.75) is 13.0 Å². The molecule has 0 unspecified atom stereocenters. The van der Waals surface area contributed by atoms with Crippen LogP contribution in [0.4, 0.5) is 11.6 Å². The lowest BCUT2D eigenvalue weighted by Crippen LogP contribution is -2.31. The molecule has 1 aliphatic heterocycles. The molecule has 1 aliphatic rings. The second-order valence-corrected chi connectivity index (χ2v) is 4.62. The summed E-state index contributed by atoms with van der Waals surface area (Å²) in [4.78, 5) is 19.2. The van der Waals surface area contributed by atoms with Gasteiger partial charge in [0.25, 0.3) is 5.56 Å². The highest BCUT2D eigenvalue weighted by Gasteiger charge is 2.14. The highest BCUT2D eigenvalue weighted by Crippen LogP contribution is 2.18. The van der Waals surface area contributed by atoms with Gasteiger partial charge < -0.3 is 15.4 Å². The van der Waals surface area contributed by atoms with Crippen LogP contribution in [0.3, 0.4) is 0 Å². The van der Waals surface area contributed by atoms with Gasteiger partial charge in [-0.25, -0.2) is 4.98 Å². The van der Waals surface area contributed by atoms with Gasteiger partial charge in [0.1, 0.15) is 5.75 Å². The van der Waals surface area contributed by atoms with Gasteiger partial charge in [-0.2, -0.15) is 0 Å². The molecule has 3 N–H and O–H groups in total. The fourth-order valence-corrected chi connectivity index (χ4v) is 2.24. The van der Waals surface area contributed by atoms with Crippen LogP contribution in [0.15, 0.2) is 29.1 Å². The summed E-state index contributed by atoms with van der Waals surface area (Å²) in [5.41, 5.74) is 2.38. The monoisotopic (exact) mass is 272 g/mol. The second-order valence-electron chi connectivity index (χ2n) is 4.62. The molecule has 0 atom stereocenters. The van der Waals surface area contributed by atoms with Crippen molar-refractivity contribution >= 4 is 11.6 Å². The molecule has 0 bridgehead atoms. The summed E-state index contributed by atoms with van der Waals surface area (Å²) < 4.78 is 5.10. The molecule has 20 heavy (non-hydrogen) atoms. The number of aromatic amines is 1. The standard InChI is InChI=1S/C14H16N4O2/c1-20-10-4-2-9(3-5-10)16-14-17-12-8-15-7-6-11(12)13(19)18-14/h2-5,15H,6-8H2,1H3,(H2,16,17,18,19).